The van der Waals surface area contributed by atoms with Gasteiger partial charge in [0.1, 0.15) is 6.10 Å². The van der Waals surface area contributed by atoms with Crippen molar-refractivity contribution in [3.05, 3.63) is 5.82 Å². The van der Waals surface area contributed by atoms with E-state index in [2.05, 4.69) is 10.2 Å². The van der Waals surface area contributed by atoms with E-state index in [0.717, 1.165) is 0 Å². The summed E-state index contributed by atoms with van der Waals surface area (Å²) in [5.41, 5.74) is -0.507. The fraction of sp³-hybridized carbons (Fsp3) is 0.778. The van der Waals surface area contributed by atoms with Gasteiger partial charge in [-0.1, -0.05) is 0 Å². The van der Waals surface area contributed by atoms with Gasteiger partial charge in [0.05, 0.1) is 0 Å². The fourth-order valence-electron chi connectivity index (χ4n) is 1.46. The Morgan fingerprint density at radius 3 is 2.24 bits per heavy atom. The van der Waals surface area contributed by atoms with Crippen LogP contribution in [0.3, 0.4) is 0 Å². The molecule has 1 aromatic heterocycles. The number of hydrogen-bond donors (Lipinski definition) is 1. The molecule has 0 spiro atoms. The molecule has 0 amide bonds. The zero-order valence-corrected chi connectivity index (χ0v) is 11.4. The molecule has 0 saturated heterocycles. The highest BCUT2D eigenvalue weighted by atomic mass is 32.2. The number of aromatic nitrogens is 3. The molecule has 0 aliphatic carbocycles. The standard InChI is InChI=1S/C9H18N4O3S/c1-6(16-5)7-11-12-8(17(10,14)15)13(7)9(2,3)4/h6H,1-5H3,(H2,10,14,15). The predicted molar refractivity (Wildman–Crippen MR) is 61.8 cm³/mol. The van der Waals surface area contributed by atoms with Crippen molar-refractivity contribution in [1.82, 2.24) is 14.8 Å². The molecule has 1 rings (SSSR count). The van der Waals surface area contributed by atoms with E-state index in [1.807, 2.05) is 20.8 Å². The van der Waals surface area contributed by atoms with Crippen LogP contribution < -0.4 is 5.14 Å². The second-order valence-corrected chi connectivity index (χ2v) is 6.23. The largest absolute Gasteiger partial charge is 0.374 e. The molecule has 8 heteroatoms. The zero-order chi connectivity index (χ0) is 13.4. The second-order valence-electron chi connectivity index (χ2n) is 4.77. The van der Waals surface area contributed by atoms with Crippen LogP contribution in [0.1, 0.15) is 39.6 Å². The summed E-state index contributed by atoms with van der Waals surface area (Å²) < 4.78 is 29.5. The summed E-state index contributed by atoms with van der Waals surface area (Å²) in [5.74, 6) is 0.434. The maximum atomic E-state index is 11.4. The van der Waals surface area contributed by atoms with Crippen LogP contribution in [0, 0.1) is 0 Å². The van der Waals surface area contributed by atoms with Crippen LogP contribution in [0.2, 0.25) is 0 Å². The zero-order valence-electron chi connectivity index (χ0n) is 10.6. The molecule has 0 fully saturated rings. The average molecular weight is 262 g/mol. The van der Waals surface area contributed by atoms with Crippen molar-refractivity contribution in [2.24, 2.45) is 5.14 Å². The molecule has 0 bridgehead atoms. The number of sulfonamides is 1. The summed E-state index contributed by atoms with van der Waals surface area (Å²) >= 11 is 0. The monoisotopic (exact) mass is 262 g/mol. The summed E-state index contributed by atoms with van der Waals surface area (Å²) in [6, 6.07) is 0. The third kappa shape index (κ3) is 2.82. The van der Waals surface area contributed by atoms with Crippen LogP contribution in [0.5, 0.6) is 0 Å². The number of primary sulfonamides is 1. The van der Waals surface area contributed by atoms with Gasteiger partial charge in [-0.3, -0.25) is 4.57 Å². The Labute approximate surface area is 101 Å². The molecule has 1 atom stereocenters. The molecule has 0 saturated carbocycles. The normalized spacial score (nSPS) is 14.9. The summed E-state index contributed by atoms with van der Waals surface area (Å²) in [6.07, 6.45) is -0.364. The van der Waals surface area contributed by atoms with Crippen LogP contribution in [-0.2, 0) is 20.3 Å². The highest BCUT2D eigenvalue weighted by Gasteiger charge is 2.30. The predicted octanol–water partition coefficient (Wildman–Crippen LogP) is 0.388. The minimum atomic E-state index is -3.90. The highest BCUT2D eigenvalue weighted by molar-refractivity contribution is 7.89. The molecule has 17 heavy (non-hydrogen) atoms. The van der Waals surface area contributed by atoms with Crippen LogP contribution in [0.15, 0.2) is 5.16 Å². The Kier molecular flexibility index (Phi) is 3.60. The van der Waals surface area contributed by atoms with Gasteiger partial charge in [-0.25, -0.2) is 13.6 Å². The van der Waals surface area contributed by atoms with E-state index >= 15 is 0 Å². The van der Waals surface area contributed by atoms with Crippen molar-refractivity contribution >= 4 is 10.0 Å². The van der Waals surface area contributed by atoms with Crippen LogP contribution in [0.25, 0.3) is 0 Å². The molecule has 1 heterocycles. The molecular weight excluding hydrogens is 244 g/mol. The molecule has 0 aliphatic rings. The van der Waals surface area contributed by atoms with Crippen LogP contribution in [0.4, 0.5) is 0 Å². The Morgan fingerprint density at radius 1 is 1.35 bits per heavy atom. The van der Waals surface area contributed by atoms with E-state index in [-0.39, 0.29) is 11.3 Å². The van der Waals surface area contributed by atoms with E-state index in [1.165, 1.54) is 11.7 Å². The van der Waals surface area contributed by atoms with Gasteiger partial charge >= 0.3 is 0 Å². The summed E-state index contributed by atoms with van der Waals surface area (Å²) in [5, 5.41) is 12.4. The first kappa shape index (κ1) is 14.1. The number of hydrogen-bond acceptors (Lipinski definition) is 5. The highest BCUT2D eigenvalue weighted by Crippen LogP contribution is 2.25. The lowest BCUT2D eigenvalue weighted by Crippen LogP contribution is -2.30. The molecule has 1 unspecified atom stereocenters. The quantitative estimate of drug-likeness (QED) is 0.849. The first-order valence-electron chi connectivity index (χ1n) is 5.10. The van der Waals surface area contributed by atoms with Gasteiger partial charge < -0.3 is 4.74 Å². The van der Waals surface area contributed by atoms with Crippen molar-refractivity contribution < 1.29 is 13.2 Å². The van der Waals surface area contributed by atoms with Crippen molar-refractivity contribution in [2.45, 2.75) is 44.5 Å². The van der Waals surface area contributed by atoms with Gasteiger partial charge in [0.15, 0.2) is 5.82 Å². The third-order valence-corrected chi connectivity index (χ3v) is 3.07. The molecule has 1 aromatic rings. The number of nitrogens with two attached hydrogens (primary N) is 1. The maximum Gasteiger partial charge on any atom is 0.273 e. The maximum absolute atomic E-state index is 11.4. The van der Waals surface area contributed by atoms with Gasteiger partial charge in [-0.15, -0.1) is 10.2 Å². The minimum Gasteiger partial charge on any atom is -0.374 e. The first-order chi connectivity index (χ1) is 7.59. The first-order valence-corrected chi connectivity index (χ1v) is 6.65. The molecule has 0 aliphatic heterocycles. The van der Waals surface area contributed by atoms with Gasteiger partial charge in [-0.2, -0.15) is 0 Å². The minimum absolute atomic E-state index is 0.246. The van der Waals surface area contributed by atoms with Gasteiger partial charge in [0.2, 0.25) is 0 Å². The number of rotatable bonds is 3. The lowest BCUT2D eigenvalue weighted by atomic mass is 10.1. The van der Waals surface area contributed by atoms with Gasteiger partial charge in [0.25, 0.3) is 15.2 Å². The van der Waals surface area contributed by atoms with Gasteiger partial charge in [0, 0.05) is 12.6 Å². The SMILES string of the molecule is COC(C)c1nnc(S(N)(=O)=O)n1C(C)(C)C. The van der Waals surface area contributed by atoms with Crippen molar-refractivity contribution in [1.29, 1.82) is 0 Å². The van der Waals surface area contributed by atoms with Crippen LogP contribution in [-0.4, -0.2) is 30.3 Å². The van der Waals surface area contributed by atoms with Gasteiger partial charge in [-0.05, 0) is 27.7 Å². The summed E-state index contributed by atoms with van der Waals surface area (Å²) in [6.45, 7) is 7.30. The molecule has 2 N–H and O–H groups in total. The van der Waals surface area contributed by atoms with E-state index in [4.69, 9.17) is 9.88 Å². The Bertz CT molecular complexity index is 501. The number of methoxy groups -OCH3 is 1. The molecule has 0 radical (unpaired) electrons. The lowest BCUT2D eigenvalue weighted by Gasteiger charge is -2.25. The van der Waals surface area contributed by atoms with Crippen LogP contribution >= 0.6 is 0 Å². The second kappa shape index (κ2) is 4.35. The fourth-order valence-corrected chi connectivity index (χ4v) is 2.24. The molecule has 7 nitrogen and oxygen atoms in total. The van der Waals surface area contributed by atoms with Crippen molar-refractivity contribution in [3.8, 4) is 0 Å². The average Bonchev–Trinajstić information content (AvgIpc) is 2.59. The molecule has 0 aromatic carbocycles. The van der Waals surface area contributed by atoms with E-state index < -0.39 is 15.6 Å². The van der Waals surface area contributed by atoms with Crippen molar-refractivity contribution in [3.63, 3.8) is 0 Å². The Balaban J connectivity index is 3.53. The number of ether oxygens (including phenoxy) is 1. The van der Waals surface area contributed by atoms with E-state index in [9.17, 15) is 8.42 Å². The summed E-state index contributed by atoms with van der Waals surface area (Å²) in [7, 11) is -2.39. The Morgan fingerprint density at radius 2 is 1.88 bits per heavy atom. The summed E-state index contributed by atoms with van der Waals surface area (Å²) in [4.78, 5) is 0. The van der Waals surface area contributed by atoms with Crippen molar-refractivity contribution in [2.75, 3.05) is 7.11 Å². The third-order valence-electron chi connectivity index (χ3n) is 2.30. The molecule has 98 valence electrons. The molecular formula is C9H18N4O3S. The van der Waals surface area contributed by atoms with E-state index in [0.29, 0.717) is 5.82 Å². The van der Waals surface area contributed by atoms with E-state index in [1.54, 1.807) is 6.92 Å². The topological polar surface area (TPSA) is 100 Å². The number of nitrogens with zero attached hydrogens (tertiary/aromatic N) is 3. The lowest BCUT2D eigenvalue weighted by molar-refractivity contribution is 0.103. The Hall–Kier alpha value is -0.990. The smallest absolute Gasteiger partial charge is 0.273 e.